The van der Waals surface area contributed by atoms with Crippen molar-refractivity contribution in [1.29, 1.82) is 0 Å². The number of benzene rings is 1. The van der Waals surface area contributed by atoms with Crippen molar-refractivity contribution >= 4 is 9.84 Å². The van der Waals surface area contributed by atoms with Crippen LogP contribution in [0.5, 0.6) is 0 Å². The van der Waals surface area contributed by atoms with Crippen LogP contribution >= 0.6 is 0 Å². The third kappa shape index (κ3) is 2.74. The predicted molar refractivity (Wildman–Crippen MR) is 53.5 cm³/mol. The van der Waals surface area contributed by atoms with Gasteiger partial charge in [0.1, 0.15) is 10.7 Å². The van der Waals surface area contributed by atoms with Gasteiger partial charge in [-0.25, -0.2) is 12.8 Å². The summed E-state index contributed by atoms with van der Waals surface area (Å²) in [6, 6.07) is 3.41. The number of hydrogen-bond acceptors (Lipinski definition) is 4. The zero-order valence-corrected chi connectivity index (χ0v) is 8.96. The molecule has 6 heteroatoms. The van der Waals surface area contributed by atoms with E-state index in [4.69, 9.17) is 5.73 Å². The van der Waals surface area contributed by atoms with Crippen LogP contribution in [-0.2, 0) is 9.84 Å². The Balaban J connectivity index is 3.29. The van der Waals surface area contributed by atoms with Crippen molar-refractivity contribution in [2.75, 3.05) is 12.8 Å². The second-order valence-electron chi connectivity index (χ2n) is 3.21. The summed E-state index contributed by atoms with van der Waals surface area (Å²) in [4.78, 5) is -0.424. The Morgan fingerprint density at radius 2 is 2.13 bits per heavy atom. The maximum Gasteiger partial charge on any atom is 0.178 e. The van der Waals surface area contributed by atoms with Crippen molar-refractivity contribution in [2.45, 2.75) is 11.0 Å². The molecule has 3 N–H and O–H groups in total. The lowest BCUT2D eigenvalue weighted by Gasteiger charge is -2.09. The van der Waals surface area contributed by atoms with Gasteiger partial charge in [0.25, 0.3) is 0 Å². The minimum absolute atomic E-state index is 0.0468. The molecule has 1 aromatic rings. The fraction of sp³-hybridized carbons (Fsp3) is 0.333. The zero-order valence-electron chi connectivity index (χ0n) is 8.14. The van der Waals surface area contributed by atoms with Crippen molar-refractivity contribution in [2.24, 2.45) is 5.73 Å². The topological polar surface area (TPSA) is 80.4 Å². The molecule has 4 nitrogen and oxygen atoms in total. The molecule has 1 rings (SSSR count). The van der Waals surface area contributed by atoms with Crippen LogP contribution in [0.15, 0.2) is 23.1 Å². The van der Waals surface area contributed by atoms with Crippen LogP contribution in [-0.4, -0.2) is 26.3 Å². The molecule has 0 heterocycles. The monoisotopic (exact) mass is 233 g/mol. The quantitative estimate of drug-likeness (QED) is 0.782. The first-order chi connectivity index (χ1) is 6.86. The standard InChI is InChI=1S/C9H12FNO3S/c1-15(13,14)9-4-6(8(12)5-11)2-3-7(9)10/h2-4,8,12H,5,11H2,1H3. The molecule has 0 aliphatic heterocycles. The summed E-state index contributed by atoms with van der Waals surface area (Å²) >= 11 is 0. The highest BCUT2D eigenvalue weighted by Crippen LogP contribution is 2.20. The van der Waals surface area contributed by atoms with Crippen molar-refractivity contribution in [3.8, 4) is 0 Å². The summed E-state index contributed by atoms with van der Waals surface area (Å²) in [5.74, 6) is -0.828. The molecule has 0 radical (unpaired) electrons. The van der Waals surface area contributed by atoms with Crippen LogP contribution < -0.4 is 5.73 Å². The Morgan fingerprint density at radius 1 is 1.53 bits per heavy atom. The molecule has 0 aromatic heterocycles. The van der Waals surface area contributed by atoms with Gasteiger partial charge in [-0.05, 0) is 17.7 Å². The lowest BCUT2D eigenvalue weighted by molar-refractivity contribution is 0.186. The highest BCUT2D eigenvalue weighted by atomic mass is 32.2. The number of aliphatic hydroxyl groups is 1. The Bertz CT molecular complexity index is 458. The molecule has 0 saturated carbocycles. The Kier molecular flexibility index (Phi) is 3.43. The largest absolute Gasteiger partial charge is 0.387 e. The number of sulfone groups is 1. The van der Waals surface area contributed by atoms with Gasteiger partial charge >= 0.3 is 0 Å². The SMILES string of the molecule is CS(=O)(=O)c1cc(C(O)CN)ccc1F. The molecule has 1 aromatic carbocycles. The van der Waals surface area contributed by atoms with Crippen LogP contribution in [0, 0.1) is 5.82 Å². The van der Waals surface area contributed by atoms with E-state index in [1.54, 1.807) is 0 Å². The summed E-state index contributed by atoms with van der Waals surface area (Å²) in [5, 5.41) is 9.37. The summed E-state index contributed by atoms with van der Waals surface area (Å²) in [6.45, 7) is -0.0468. The maximum atomic E-state index is 13.1. The van der Waals surface area contributed by atoms with Crippen LogP contribution in [0.1, 0.15) is 11.7 Å². The number of rotatable bonds is 3. The molecule has 0 amide bonds. The van der Waals surface area contributed by atoms with Gasteiger partial charge in [-0.2, -0.15) is 0 Å². The normalized spacial score (nSPS) is 13.9. The molecular formula is C9H12FNO3S. The van der Waals surface area contributed by atoms with Crippen LogP contribution in [0.25, 0.3) is 0 Å². The molecule has 0 saturated heterocycles. The minimum Gasteiger partial charge on any atom is -0.387 e. The summed E-state index contributed by atoms with van der Waals surface area (Å²) in [6.07, 6.45) is -0.0737. The predicted octanol–water partition coefficient (Wildman–Crippen LogP) is 0.221. The summed E-state index contributed by atoms with van der Waals surface area (Å²) in [7, 11) is -3.62. The second-order valence-corrected chi connectivity index (χ2v) is 5.20. The fourth-order valence-electron chi connectivity index (χ4n) is 1.15. The smallest absolute Gasteiger partial charge is 0.178 e. The zero-order chi connectivity index (χ0) is 11.6. The van der Waals surface area contributed by atoms with Gasteiger partial charge in [-0.3, -0.25) is 0 Å². The van der Waals surface area contributed by atoms with Gasteiger partial charge in [-0.15, -0.1) is 0 Å². The van der Waals surface area contributed by atoms with Crippen LogP contribution in [0.2, 0.25) is 0 Å². The maximum absolute atomic E-state index is 13.1. The molecule has 0 fully saturated rings. The van der Waals surface area contributed by atoms with Crippen molar-refractivity contribution in [3.63, 3.8) is 0 Å². The molecule has 0 aliphatic rings. The van der Waals surface area contributed by atoms with Gasteiger partial charge in [0.15, 0.2) is 9.84 Å². The minimum atomic E-state index is -3.62. The van der Waals surface area contributed by atoms with Crippen LogP contribution in [0.4, 0.5) is 4.39 Å². The van der Waals surface area contributed by atoms with E-state index in [2.05, 4.69) is 0 Å². The first-order valence-electron chi connectivity index (χ1n) is 4.24. The average Bonchev–Trinajstić information content (AvgIpc) is 2.15. The summed E-state index contributed by atoms with van der Waals surface area (Å²) in [5.41, 5.74) is 5.50. The molecule has 1 unspecified atom stereocenters. The first-order valence-corrected chi connectivity index (χ1v) is 6.13. The molecule has 1 atom stereocenters. The van der Waals surface area contributed by atoms with E-state index in [1.807, 2.05) is 0 Å². The Hall–Kier alpha value is -0.980. The molecule has 84 valence electrons. The van der Waals surface area contributed by atoms with Crippen molar-refractivity contribution < 1.29 is 17.9 Å². The third-order valence-electron chi connectivity index (χ3n) is 1.96. The van der Waals surface area contributed by atoms with E-state index < -0.39 is 26.7 Å². The molecule has 0 spiro atoms. The van der Waals surface area contributed by atoms with Crippen molar-refractivity contribution in [1.82, 2.24) is 0 Å². The molecular weight excluding hydrogens is 221 g/mol. The number of hydrogen-bond donors (Lipinski definition) is 2. The van der Waals surface area contributed by atoms with Crippen molar-refractivity contribution in [3.05, 3.63) is 29.6 Å². The van der Waals surface area contributed by atoms with Gasteiger partial charge in [0.05, 0.1) is 6.10 Å². The number of aliphatic hydroxyl groups excluding tert-OH is 1. The van der Waals surface area contributed by atoms with Gasteiger partial charge < -0.3 is 10.8 Å². The highest BCUT2D eigenvalue weighted by molar-refractivity contribution is 7.90. The van der Waals surface area contributed by atoms with Gasteiger partial charge in [-0.1, -0.05) is 6.07 Å². The number of halogens is 1. The average molecular weight is 233 g/mol. The Morgan fingerprint density at radius 3 is 2.60 bits per heavy atom. The van der Waals surface area contributed by atoms with Gasteiger partial charge in [0, 0.05) is 12.8 Å². The molecule has 15 heavy (non-hydrogen) atoms. The molecule has 0 aliphatic carbocycles. The van der Waals surface area contributed by atoms with E-state index in [0.29, 0.717) is 5.56 Å². The number of nitrogens with two attached hydrogens (primary N) is 1. The first kappa shape index (κ1) is 12.1. The highest BCUT2D eigenvalue weighted by Gasteiger charge is 2.16. The lowest BCUT2D eigenvalue weighted by atomic mass is 10.1. The van der Waals surface area contributed by atoms with Gasteiger partial charge in [0.2, 0.25) is 0 Å². The fourth-order valence-corrected chi connectivity index (χ4v) is 1.92. The van der Waals surface area contributed by atoms with Crippen LogP contribution in [0.3, 0.4) is 0 Å². The van der Waals surface area contributed by atoms with E-state index >= 15 is 0 Å². The summed E-state index contributed by atoms with van der Waals surface area (Å²) < 4.78 is 35.5. The lowest BCUT2D eigenvalue weighted by Crippen LogP contribution is -2.12. The second kappa shape index (κ2) is 4.26. The van der Waals surface area contributed by atoms with E-state index in [0.717, 1.165) is 18.4 Å². The van der Waals surface area contributed by atoms with E-state index in [-0.39, 0.29) is 6.54 Å². The van der Waals surface area contributed by atoms with E-state index in [1.165, 1.54) is 6.07 Å². The molecule has 0 bridgehead atoms. The third-order valence-corrected chi connectivity index (χ3v) is 3.07. The Labute approximate surface area is 87.5 Å². The van der Waals surface area contributed by atoms with E-state index in [9.17, 15) is 17.9 Å².